The third-order valence-corrected chi connectivity index (χ3v) is 4.92. The summed E-state index contributed by atoms with van der Waals surface area (Å²) in [5.41, 5.74) is -0.960. The number of nitrogens with one attached hydrogen (secondary N) is 1. The number of benzene rings is 1. The van der Waals surface area contributed by atoms with E-state index in [-0.39, 0.29) is 35.8 Å². The Bertz CT molecular complexity index is 758. The molecule has 0 aliphatic heterocycles. The predicted molar refractivity (Wildman–Crippen MR) is 110 cm³/mol. The molecule has 1 aromatic rings. The average molecular weight is 432 g/mol. The lowest BCUT2D eigenvalue weighted by atomic mass is 10.0. The van der Waals surface area contributed by atoms with Crippen LogP contribution in [0.2, 0.25) is 0 Å². The van der Waals surface area contributed by atoms with Crippen LogP contribution < -0.4 is 10.2 Å². The van der Waals surface area contributed by atoms with Crippen LogP contribution in [0.1, 0.15) is 56.0 Å². The fourth-order valence-electron chi connectivity index (χ4n) is 2.72. The Hall–Kier alpha value is -2.38. The summed E-state index contributed by atoms with van der Waals surface area (Å²) in [6.45, 7) is 12.4. The van der Waals surface area contributed by atoms with Crippen LogP contribution in [0.4, 0.5) is 27.6 Å². The van der Waals surface area contributed by atoms with Gasteiger partial charge in [-0.3, -0.25) is 4.79 Å². The number of hydrogen-bond acceptors (Lipinski definition) is 2. The van der Waals surface area contributed by atoms with Gasteiger partial charge in [-0.15, -0.1) is 0 Å². The molecule has 0 bridgehead atoms. The summed E-state index contributed by atoms with van der Waals surface area (Å²) in [6.07, 6.45) is -3.47. The van der Waals surface area contributed by atoms with Crippen molar-refractivity contribution < 1.29 is 26.7 Å². The van der Waals surface area contributed by atoms with E-state index in [2.05, 4.69) is 18.5 Å². The van der Waals surface area contributed by atoms with E-state index in [1.165, 1.54) is 19.1 Å². The number of anilines is 1. The average Bonchev–Trinajstić information content (AvgIpc) is 2.69. The molecule has 30 heavy (non-hydrogen) atoms. The van der Waals surface area contributed by atoms with E-state index in [9.17, 15) is 26.7 Å². The molecule has 3 nitrogen and oxygen atoms in total. The summed E-state index contributed by atoms with van der Waals surface area (Å²) in [4.78, 5) is 14.2. The molecule has 1 atom stereocenters. The summed E-state index contributed by atoms with van der Waals surface area (Å²) in [5.74, 6) is -3.63. The zero-order chi connectivity index (χ0) is 23.1. The molecule has 0 aliphatic rings. The molecule has 168 valence electrons. The Kier molecular flexibility index (Phi) is 9.06. The number of carbonyl (C=O) groups is 1. The maximum atomic E-state index is 13.9. The smallest absolute Gasteiger partial charge is 0.370 e. The molecule has 0 aromatic heterocycles. The number of allylic oxidation sites excluding steroid dienone is 1. The maximum Gasteiger partial charge on any atom is 0.416 e. The normalized spacial score (nSPS) is 12.9. The molecular formula is C22H29F5N2O. The highest BCUT2D eigenvalue weighted by molar-refractivity contribution is 6.01. The van der Waals surface area contributed by atoms with Gasteiger partial charge in [0.15, 0.2) is 0 Å². The Balaban J connectivity index is 3.45. The lowest BCUT2D eigenvalue weighted by molar-refractivity contribution is -0.137. The second-order valence-electron chi connectivity index (χ2n) is 7.33. The number of nitrogens with zero attached hydrogens (tertiary/aromatic N) is 1. The standard InChI is InChI=1S/C22H29F5N2O/c1-6-15(4)14-29(12-11-21(23,24)8-3)19-10-9-17(22(25,26)27)13-18(19)20(30)28-16(5)7-2/h7,9-10,13,15H,2,5-6,8,11-12,14H2,1,3-4H3,(H,28,30). The molecule has 1 N–H and O–H groups in total. The Labute approximate surface area is 174 Å². The van der Waals surface area contributed by atoms with Crippen molar-refractivity contribution in [2.75, 3.05) is 18.0 Å². The van der Waals surface area contributed by atoms with Crippen LogP contribution in [0.5, 0.6) is 0 Å². The highest BCUT2D eigenvalue weighted by Crippen LogP contribution is 2.34. The zero-order valence-electron chi connectivity index (χ0n) is 17.6. The third kappa shape index (κ3) is 7.46. The number of rotatable bonds is 11. The number of hydrogen-bond donors (Lipinski definition) is 1. The van der Waals surface area contributed by atoms with Crippen molar-refractivity contribution in [3.63, 3.8) is 0 Å². The van der Waals surface area contributed by atoms with Crippen molar-refractivity contribution in [2.24, 2.45) is 5.92 Å². The van der Waals surface area contributed by atoms with Gasteiger partial charge in [-0.05, 0) is 30.2 Å². The van der Waals surface area contributed by atoms with E-state index in [4.69, 9.17) is 0 Å². The first-order valence-electron chi connectivity index (χ1n) is 9.81. The Morgan fingerprint density at radius 3 is 2.37 bits per heavy atom. The summed E-state index contributed by atoms with van der Waals surface area (Å²) in [7, 11) is 0. The topological polar surface area (TPSA) is 32.3 Å². The molecule has 0 radical (unpaired) electrons. The van der Waals surface area contributed by atoms with Gasteiger partial charge in [0.1, 0.15) is 0 Å². The first kappa shape index (κ1) is 25.7. The van der Waals surface area contributed by atoms with Crippen molar-refractivity contribution in [1.29, 1.82) is 0 Å². The first-order chi connectivity index (χ1) is 13.8. The van der Waals surface area contributed by atoms with E-state index >= 15 is 0 Å². The highest BCUT2D eigenvalue weighted by atomic mass is 19.4. The molecule has 0 heterocycles. The molecule has 1 unspecified atom stereocenters. The van der Waals surface area contributed by atoms with Crippen LogP contribution in [0, 0.1) is 5.92 Å². The van der Waals surface area contributed by atoms with Crippen LogP contribution in [-0.4, -0.2) is 24.9 Å². The number of amides is 1. The first-order valence-corrected chi connectivity index (χ1v) is 9.81. The van der Waals surface area contributed by atoms with Crippen molar-refractivity contribution in [3.8, 4) is 0 Å². The number of halogens is 5. The van der Waals surface area contributed by atoms with Gasteiger partial charge in [0.2, 0.25) is 5.92 Å². The highest BCUT2D eigenvalue weighted by Gasteiger charge is 2.33. The largest absolute Gasteiger partial charge is 0.416 e. The maximum absolute atomic E-state index is 13.9. The van der Waals surface area contributed by atoms with Gasteiger partial charge in [0.05, 0.1) is 11.1 Å². The number of alkyl halides is 5. The van der Waals surface area contributed by atoms with Gasteiger partial charge in [-0.25, -0.2) is 8.78 Å². The van der Waals surface area contributed by atoms with Gasteiger partial charge < -0.3 is 10.2 Å². The van der Waals surface area contributed by atoms with Crippen LogP contribution in [0.15, 0.2) is 43.1 Å². The Morgan fingerprint density at radius 2 is 1.87 bits per heavy atom. The molecule has 0 saturated heterocycles. The molecule has 0 aliphatic carbocycles. The van der Waals surface area contributed by atoms with E-state index in [1.807, 2.05) is 13.8 Å². The molecule has 0 spiro atoms. The van der Waals surface area contributed by atoms with Gasteiger partial charge in [0.25, 0.3) is 5.91 Å². The fourth-order valence-corrected chi connectivity index (χ4v) is 2.72. The third-order valence-electron chi connectivity index (χ3n) is 4.92. The second kappa shape index (κ2) is 10.6. The van der Waals surface area contributed by atoms with Crippen LogP contribution in [0.25, 0.3) is 0 Å². The molecule has 0 saturated carbocycles. The van der Waals surface area contributed by atoms with Gasteiger partial charge >= 0.3 is 6.18 Å². The minimum atomic E-state index is -4.65. The van der Waals surface area contributed by atoms with Gasteiger partial charge in [-0.1, -0.05) is 40.3 Å². The van der Waals surface area contributed by atoms with Crippen molar-refractivity contribution in [2.45, 2.75) is 52.1 Å². The molecule has 1 rings (SSSR count). The van der Waals surface area contributed by atoms with Crippen LogP contribution in [0.3, 0.4) is 0 Å². The van der Waals surface area contributed by atoms with Crippen molar-refractivity contribution in [3.05, 3.63) is 54.3 Å². The van der Waals surface area contributed by atoms with Crippen LogP contribution >= 0.6 is 0 Å². The quantitative estimate of drug-likeness (QED) is 0.323. The molecule has 1 amide bonds. The summed E-state index contributed by atoms with van der Waals surface area (Å²) in [6, 6.07) is 2.76. The van der Waals surface area contributed by atoms with E-state index in [0.29, 0.717) is 6.54 Å². The summed E-state index contributed by atoms with van der Waals surface area (Å²) in [5, 5.41) is 2.38. The van der Waals surface area contributed by atoms with Crippen molar-refractivity contribution >= 4 is 11.6 Å². The van der Waals surface area contributed by atoms with Crippen LogP contribution in [-0.2, 0) is 6.18 Å². The lowest BCUT2D eigenvalue weighted by Gasteiger charge is -2.31. The molecular weight excluding hydrogens is 403 g/mol. The SMILES string of the molecule is C=CC(=C)NC(=O)c1cc(C(F)(F)F)ccc1N(CCC(F)(F)CC)CC(C)CC. The summed E-state index contributed by atoms with van der Waals surface area (Å²) >= 11 is 0. The van der Waals surface area contributed by atoms with Crippen molar-refractivity contribution in [1.82, 2.24) is 5.32 Å². The van der Waals surface area contributed by atoms with E-state index in [0.717, 1.165) is 18.6 Å². The monoisotopic (exact) mass is 432 g/mol. The zero-order valence-corrected chi connectivity index (χ0v) is 17.6. The fraction of sp³-hybridized carbons (Fsp3) is 0.500. The minimum absolute atomic E-state index is 0.0848. The molecule has 8 heteroatoms. The summed E-state index contributed by atoms with van der Waals surface area (Å²) < 4.78 is 67.4. The van der Waals surface area contributed by atoms with E-state index < -0.39 is 30.0 Å². The number of carbonyl (C=O) groups excluding carboxylic acids is 1. The predicted octanol–water partition coefficient (Wildman–Crippen LogP) is 6.42. The van der Waals surface area contributed by atoms with E-state index in [1.54, 1.807) is 4.90 Å². The van der Waals surface area contributed by atoms with Gasteiger partial charge in [0, 0.05) is 37.3 Å². The Morgan fingerprint density at radius 1 is 1.23 bits per heavy atom. The lowest BCUT2D eigenvalue weighted by Crippen LogP contribution is -2.35. The minimum Gasteiger partial charge on any atom is -0.370 e. The van der Waals surface area contributed by atoms with Gasteiger partial charge in [-0.2, -0.15) is 13.2 Å². The molecule has 0 fully saturated rings. The second-order valence-corrected chi connectivity index (χ2v) is 7.33. The molecule has 1 aromatic carbocycles.